The number of carbonyl (C=O) groups excluding carboxylic acids is 2. The number of pyridine rings is 1. The first-order valence-electron chi connectivity index (χ1n) is 9.45. The van der Waals surface area contributed by atoms with Gasteiger partial charge in [-0.1, -0.05) is 6.07 Å². The fraction of sp³-hybridized carbons (Fsp3) is 0.579. The molecule has 3 heterocycles. The second-order valence-corrected chi connectivity index (χ2v) is 7.67. The van der Waals surface area contributed by atoms with E-state index in [2.05, 4.69) is 10.3 Å². The van der Waals surface area contributed by atoms with Crippen molar-refractivity contribution in [1.29, 1.82) is 0 Å². The average molecular weight is 430 g/mol. The molecule has 0 bridgehead atoms. The Bertz CT molecular complexity index is 800. The van der Waals surface area contributed by atoms with Crippen LogP contribution >= 0.6 is 0 Å². The van der Waals surface area contributed by atoms with E-state index in [1.54, 1.807) is 4.90 Å². The summed E-state index contributed by atoms with van der Waals surface area (Å²) < 4.78 is 31.7. The van der Waals surface area contributed by atoms with Gasteiger partial charge in [-0.25, -0.2) is 9.59 Å². The van der Waals surface area contributed by atoms with Gasteiger partial charge >= 0.3 is 18.2 Å². The number of nitrogens with one attached hydrogen (secondary N) is 1. The summed E-state index contributed by atoms with van der Waals surface area (Å²) >= 11 is 0. The van der Waals surface area contributed by atoms with Crippen LogP contribution in [0.3, 0.4) is 0 Å². The minimum absolute atomic E-state index is 0.0577. The maximum absolute atomic E-state index is 12.6. The third-order valence-corrected chi connectivity index (χ3v) is 4.77. The monoisotopic (exact) mass is 430 g/mol. The number of likely N-dealkylation sites (tertiary alicyclic amines) is 2. The fourth-order valence-corrected chi connectivity index (χ4v) is 3.47. The summed E-state index contributed by atoms with van der Waals surface area (Å²) in [4.78, 5) is 41.7. The van der Waals surface area contributed by atoms with E-state index < -0.39 is 12.1 Å². The van der Waals surface area contributed by atoms with E-state index in [4.69, 9.17) is 9.90 Å². The van der Waals surface area contributed by atoms with Gasteiger partial charge in [0.25, 0.3) is 0 Å². The number of carboxylic acid groups (broad SMARTS) is 1. The molecule has 0 aromatic carbocycles. The van der Waals surface area contributed by atoms with Crippen LogP contribution in [0.15, 0.2) is 18.2 Å². The van der Waals surface area contributed by atoms with Crippen LogP contribution in [0.4, 0.5) is 18.0 Å². The third kappa shape index (κ3) is 6.07. The van der Waals surface area contributed by atoms with Gasteiger partial charge in [0.05, 0.1) is 18.2 Å². The van der Waals surface area contributed by atoms with Crippen LogP contribution in [0, 0.1) is 18.8 Å². The van der Waals surface area contributed by atoms with Crippen LogP contribution in [0.25, 0.3) is 0 Å². The molecule has 11 heteroatoms. The number of urea groups is 1. The number of amides is 3. The second-order valence-electron chi connectivity index (χ2n) is 7.67. The lowest BCUT2D eigenvalue weighted by molar-refractivity contribution is -0.192. The van der Waals surface area contributed by atoms with E-state index in [0.29, 0.717) is 26.2 Å². The van der Waals surface area contributed by atoms with Gasteiger partial charge in [0.1, 0.15) is 0 Å². The van der Waals surface area contributed by atoms with E-state index in [1.165, 1.54) is 0 Å². The lowest BCUT2D eigenvalue weighted by Crippen LogP contribution is -2.43. The Balaban J connectivity index is 0.000000396. The molecule has 2 aliphatic heterocycles. The molecule has 2 aliphatic rings. The quantitative estimate of drug-likeness (QED) is 0.764. The molecule has 2 fully saturated rings. The Kier molecular flexibility index (Phi) is 7.27. The maximum atomic E-state index is 12.6. The van der Waals surface area contributed by atoms with Gasteiger partial charge in [-0.15, -0.1) is 0 Å². The van der Waals surface area contributed by atoms with Gasteiger partial charge < -0.3 is 20.2 Å². The van der Waals surface area contributed by atoms with Crippen molar-refractivity contribution in [2.45, 2.75) is 39.5 Å². The number of nitrogens with zero attached hydrogens (tertiary/aromatic N) is 3. The molecule has 0 unspecified atom stereocenters. The molecule has 3 rings (SSSR count). The number of aliphatic carboxylic acids is 1. The van der Waals surface area contributed by atoms with E-state index in [9.17, 15) is 22.8 Å². The van der Waals surface area contributed by atoms with Crippen molar-refractivity contribution in [2.24, 2.45) is 11.8 Å². The number of halogens is 3. The predicted octanol–water partition coefficient (Wildman–Crippen LogP) is 2.03. The molecule has 30 heavy (non-hydrogen) atoms. The Morgan fingerprint density at radius 2 is 1.90 bits per heavy atom. The molecular weight excluding hydrogens is 405 g/mol. The van der Waals surface area contributed by atoms with Crippen molar-refractivity contribution in [1.82, 2.24) is 20.1 Å². The summed E-state index contributed by atoms with van der Waals surface area (Å²) in [6.45, 7) is 8.30. The van der Waals surface area contributed by atoms with Crippen LogP contribution in [-0.4, -0.2) is 69.7 Å². The van der Waals surface area contributed by atoms with Crippen LogP contribution < -0.4 is 5.32 Å². The number of hydrogen-bond donors (Lipinski definition) is 2. The van der Waals surface area contributed by atoms with E-state index in [0.717, 1.165) is 11.4 Å². The van der Waals surface area contributed by atoms with E-state index in [-0.39, 0.29) is 29.8 Å². The smallest absolute Gasteiger partial charge is 0.475 e. The number of hydrogen-bond acceptors (Lipinski definition) is 4. The normalized spacial score (nSPS) is 20.7. The number of carbonyl (C=O) groups is 3. The highest BCUT2D eigenvalue weighted by Crippen LogP contribution is 2.33. The Labute approximate surface area is 172 Å². The molecule has 0 radical (unpaired) electrons. The lowest BCUT2D eigenvalue weighted by atomic mass is 10.0. The van der Waals surface area contributed by atoms with E-state index >= 15 is 0 Å². The first-order valence-corrected chi connectivity index (χ1v) is 9.45. The van der Waals surface area contributed by atoms with Crippen molar-refractivity contribution < 1.29 is 32.7 Å². The first-order chi connectivity index (χ1) is 13.9. The maximum Gasteiger partial charge on any atom is 0.490 e. The van der Waals surface area contributed by atoms with Gasteiger partial charge in [-0.2, -0.15) is 13.2 Å². The van der Waals surface area contributed by atoms with Crippen LogP contribution in [0.5, 0.6) is 0 Å². The van der Waals surface area contributed by atoms with Gasteiger partial charge in [0, 0.05) is 37.3 Å². The predicted molar refractivity (Wildman–Crippen MR) is 100 cm³/mol. The molecule has 0 aliphatic carbocycles. The molecule has 166 valence electrons. The topological polar surface area (TPSA) is 103 Å². The summed E-state index contributed by atoms with van der Waals surface area (Å²) in [6.07, 6.45) is -5.08. The summed E-state index contributed by atoms with van der Waals surface area (Å²) in [7, 11) is 0. The van der Waals surface area contributed by atoms with Gasteiger partial charge in [0.15, 0.2) is 0 Å². The largest absolute Gasteiger partial charge is 0.490 e. The molecule has 1 aromatic rings. The molecule has 2 saturated heterocycles. The molecule has 3 amide bonds. The fourth-order valence-electron chi connectivity index (χ4n) is 3.47. The molecule has 2 N–H and O–H groups in total. The summed E-state index contributed by atoms with van der Waals surface area (Å²) in [5, 5.41) is 10.0. The molecule has 0 spiro atoms. The number of alkyl halides is 3. The lowest BCUT2D eigenvalue weighted by Gasteiger charge is -2.23. The van der Waals surface area contributed by atoms with Crippen molar-refractivity contribution in [3.8, 4) is 0 Å². The number of aromatic nitrogens is 1. The first kappa shape index (κ1) is 23.4. The highest BCUT2D eigenvalue weighted by molar-refractivity contribution is 5.84. The summed E-state index contributed by atoms with van der Waals surface area (Å²) in [6, 6.07) is 5.93. The number of carboxylic acids is 1. The van der Waals surface area contributed by atoms with Gasteiger partial charge in [0.2, 0.25) is 5.91 Å². The molecule has 0 saturated carbocycles. The summed E-state index contributed by atoms with van der Waals surface area (Å²) in [5.74, 6) is -2.42. The Hall–Kier alpha value is -2.85. The molecule has 2 atom stereocenters. The van der Waals surface area contributed by atoms with Crippen LogP contribution in [0.2, 0.25) is 0 Å². The highest BCUT2D eigenvalue weighted by Gasteiger charge is 2.47. The average Bonchev–Trinajstić information content (AvgIpc) is 3.14. The zero-order valence-electron chi connectivity index (χ0n) is 16.9. The zero-order chi connectivity index (χ0) is 22.6. The van der Waals surface area contributed by atoms with E-state index in [1.807, 2.05) is 43.9 Å². The van der Waals surface area contributed by atoms with Gasteiger partial charge in [-0.05, 0) is 32.9 Å². The van der Waals surface area contributed by atoms with Crippen LogP contribution in [-0.2, 0) is 16.1 Å². The SMILES string of the molecule is Cc1cccc(CN2C[C@@H]3CN(C(=O)NC(C)C)C[C@@H]3C2=O)n1.O=C(O)C(F)(F)F. The number of rotatable bonds is 3. The Morgan fingerprint density at radius 1 is 1.27 bits per heavy atom. The molecule has 1 aromatic heterocycles. The second kappa shape index (κ2) is 9.31. The van der Waals surface area contributed by atoms with Crippen molar-refractivity contribution in [3.63, 3.8) is 0 Å². The summed E-state index contributed by atoms with van der Waals surface area (Å²) in [5.41, 5.74) is 1.89. The van der Waals surface area contributed by atoms with Gasteiger partial charge in [-0.3, -0.25) is 9.78 Å². The highest BCUT2D eigenvalue weighted by atomic mass is 19.4. The molecule has 8 nitrogen and oxygen atoms in total. The third-order valence-electron chi connectivity index (χ3n) is 4.77. The van der Waals surface area contributed by atoms with Crippen molar-refractivity contribution >= 4 is 17.9 Å². The van der Waals surface area contributed by atoms with Crippen LogP contribution in [0.1, 0.15) is 25.2 Å². The minimum Gasteiger partial charge on any atom is -0.475 e. The number of fused-ring (bicyclic) bond motifs is 1. The van der Waals surface area contributed by atoms with Crippen molar-refractivity contribution in [2.75, 3.05) is 19.6 Å². The standard InChI is InChI=1S/C17H24N4O2.C2HF3O2/c1-11(2)18-17(23)21-8-13-7-20(16(22)15(13)10-21)9-14-6-4-5-12(3)19-14;3-2(4,5)1(6)7/h4-6,11,13,15H,7-10H2,1-3H3,(H,18,23);(H,6,7)/t13-,15+;/m1./s1. The number of aryl methyl sites for hydroxylation is 1. The molecular formula is C19H25F3N4O4. The minimum atomic E-state index is -5.08. The Morgan fingerprint density at radius 3 is 2.40 bits per heavy atom. The zero-order valence-corrected chi connectivity index (χ0v) is 16.9. The van der Waals surface area contributed by atoms with Crippen molar-refractivity contribution in [3.05, 3.63) is 29.6 Å².